The van der Waals surface area contributed by atoms with Gasteiger partial charge in [-0.3, -0.25) is 14.6 Å². The van der Waals surface area contributed by atoms with Crippen molar-refractivity contribution in [1.82, 2.24) is 9.88 Å². The summed E-state index contributed by atoms with van der Waals surface area (Å²) in [6.07, 6.45) is 3.29. The average Bonchev–Trinajstić information content (AvgIpc) is 3.38. The number of amides is 2. The quantitative estimate of drug-likeness (QED) is 0.648. The van der Waals surface area contributed by atoms with E-state index in [1.54, 1.807) is 4.90 Å². The number of methoxy groups -OCH3 is 1. The van der Waals surface area contributed by atoms with Gasteiger partial charge in [-0.15, -0.1) is 0 Å². The number of para-hydroxylation sites is 1. The Bertz CT molecular complexity index is 1230. The van der Waals surface area contributed by atoms with E-state index in [0.717, 1.165) is 16.8 Å². The molecule has 1 N–H and O–H groups in total. The number of esters is 1. The fraction of sp³-hybridized carbons (Fsp3) is 0.200. The highest BCUT2D eigenvalue weighted by Crippen LogP contribution is 2.54. The van der Waals surface area contributed by atoms with Crippen molar-refractivity contribution < 1.29 is 19.1 Å². The Morgan fingerprint density at radius 3 is 2.56 bits per heavy atom. The van der Waals surface area contributed by atoms with Gasteiger partial charge in [0, 0.05) is 24.6 Å². The molecule has 1 aromatic heterocycles. The highest BCUT2D eigenvalue weighted by atomic mass is 16.5. The minimum atomic E-state index is -0.888. The first-order chi connectivity index (χ1) is 15.6. The van der Waals surface area contributed by atoms with Crippen molar-refractivity contribution in [2.45, 2.75) is 17.9 Å². The van der Waals surface area contributed by atoms with E-state index in [4.69, 9.17) is 4.74 Å². The fourth-order valence-corrected chi connectivity index (χ4v) is 4.96. The van der Waals surface area contributed by atoms with E-state index in [0.29, 0.717) is 13.0 Å². The topological polar surface area (TPSA) is 88.6 Å². The van der Waals surface area contributed by atoms with Crippen molar-refractivity contribution in [2.24, 2.45) is 0 Å². The number of carbonyl (C=O) groups excluding carboxylic acids is 3. The first-order valence-electron chi connectivity index (χ1n) is 10.4. The van der Waals surface area contributed by atoms with Crippen LogP contribution in [0.2, 0.25) is 0 Å². The number of hydrogen-bond donors (Lipinski definition) is 1. The van der Waals surface area contributed by atoms with Crippen molar-refractivity contribution >= 4 is 23.5 Å². The number of aromatic nitrogens is 1. The van der Waals surface area contributed by atoms with Gasteiger partial charge in [-0.05, 0) is 29.7 Å². The van der Waals surface area contributed by atoms with Gasteiger partial charge in [0.05, 0.1) is 24.3 Å². The predicted molar refractivity (Wildman–Crippen MR) is 117 cm³/mol. The van der Waals surface area contributed by atoms with Gasteiger partial charge >= 0.3 is 5.97 Å². The first-order valence-corrected chi connectivity index (χ1v) is 10.4. The molecule has 0 bridgehead atoms. The van der Waals surface area contributed by atoms with Crippen molar-refractivity contribution in [3.05, 3.63) is 95.3 Å². The van der Waals surface area contributed by atoms with Gasteiger partial charge < -0.3 is 15.0 Å². The molecular formula is C25H21N3O4. The van der Waals surface area contributed by atoms with Crippen molar-refractivity contribution in [3.63, 3.8) is 0 Å². The molecule has 0 aliphatic carbocycles. The van der Waals surface area contributed by atoms with Gasteiger partial charge in [0.15, 0.2) is 0 Å². The van der Waals surface area contributed by atoms with Crippen molar-refractivity contribution in [2.75, 3.05) is 19.0 Å². The second-order valence-electron chi connectivity index (χ2n) is 7.99. The minimum absolute atomic E-state index is 0.107. The van der Waals surface area contributed by atoms with Crippen LogP contribution in [-0.2, 0) is 14.9 Å². The molecule has 2 amide bonds. The van der Waals surface area contributed by atoms with E-state index in [-0.39, 0.29) is 22.9 Å². The molecule has 7 heteroatoms. The zero-order valence-electron chi connectivity index (χ0n) is 17.4. The van der Waals surface area contributed by atoms with Crippen LogP contribution in [0.1, 0.15) is 44.3 Å². The average molecular weight is 427 g/mol. The second kappa shape index (κ2) is 7.60. The second-order valence-corrected chi connectivity index (χ2v) is 7.99. The monoisotopic (exact) mass is 427 g/mol. The smallest absolute Gasteiger partial charge is 0.339 e. The molecule has 32 heavy (non-hydrogen) atoms. The van der Waals surface area contributed by atoms with Crippen LogP contribution < -0.4 is 5.32 Å². The Hall–Kier alpha value is -4.00. The standard InChI is InChI=1S/C25H21N3O4/c1-32-23(30)18-13-17(14-26-15-18)22(29)28-12-11-25(21(28)16-7-3-2-4-8-16)19-9-5-6-10-20(19)27-24(25)31/h2-10,13-15,21H,11-12H2,1H3,(H,27,31)/t21-,25+/m0/s1. The summed E-state index contributed by atoms with van der Waals surface area (Å²) in [7, 11) is 1.28. The van der Waals surface area contributed by atoms with Crippen LogP contribution in [0.15, 0.2) is 73.1 Å². The number of fused-ring (bicyclic) bond motifs is 2. The Morgan fingerprint density at radius 2 is 1.78 bits per heavy atom. The van der Waals surface area contributed by atoms with Gasteiger partial charge in [0.2, 0.25) is 5.91 Å². The molecule has 0 radical (unpaired) electrons. The zero-order valence-corrected chi connectivity index (χ0v) is 17.4. The molecule has 0 saturated carbocycles. The minimum Gasteiger partial charge on any atom is -0.465 e. The molecule has 1 saturated heterocycles. The van der Waals surface area contributed by atoms with E-state index in [2.05, 4.69) is 10.3 Å². The largest absolute Gasteiger partial charge is 0.465 e. The van der Waals surface area contributed by atoms with Crippen LogP contribution in [0.4, 0.5) is 5.69 Å². The summed E-state index contributed by atoms with van der Waals surface area (Å²) in [4.78, 5) is 44.8. The molecule has 1 spiro atoms. The molecule has 5 rings (SSSR count). The number of carbonyl (C=O) groups is 3. The van der Waals surface area contributed by atoms with E-state index < -0.39 is 17.4 Å². The number of rotatable bonds is 3. The summed E-state index contributed by atoms with van der Waals surface area (Å²) in [5, 5.41) is 3.01. The summed E-state index contributed by atoms with van der Waals surface area (Å²) in [6.45, 7) is 0.391. The molecule has 2 aliphatic rings. The third-order valence-corrected chi connectivity index (χ3v) is 6.37. The van der Waals surface area contributed by atoms with Crippen LogP contribution in [0.3, 0.4) is 0 Å². The number of benzene rings is 2. The number of nitrogens with zero attached hydrogens (tertiary/aromatic N) is 2. The van der Waals surface area contributed by atoms with Crippen LogP contribution >= 0.6 is 0 Å². The lowest BCUT2D eigenvalue weighted by Gasteiger charge is -2.34. The third kappa shape index (κ3) is 2.89. The number of anilines is 1. The lowest BCUT2D eigenvalue weighted by Crippen LogP contribution is -2.42. The van der Waals surface area contributed by atoms with E-state index in [1.165, 1.54) is 25.6 Å². The van der Waals surface area contributed by atoms with Crippen molar-refractivity contribution in [3.8, 4) is 0 Å². The number of likely N-dealkylation sites (tertiary alicyclic amines) is 1. The SMILES string of the molecule is COC(=O)c1cncc(C(=O)N2CC[C@]3(C(=O)Nc4ccccc43)[C@@H]2c2ccccc2)c1. The molecule has 2 atom stereocenters. The fourth-order valence-electron chi connectivity index (χ4n) is 4.96. The molecule has 1 fully saturated rings. The molecule has 0 unspecified atom stereocenters. The maximum absolute atomic E-state index is 13.7. The van der Waals surface area contributed by atoms with Crippen LogP contribution in [-0.4, -0.2) is 41.3 Å². The van der Waals surface area contributed by atoms with Gasteiger partial charge in [0.25, 0.3) is 5.91 Å². The van der Waals surface area contributed by atoms with Crippen LogP contribution in [0, 0.1) is 0 Å². The molecule has 3 heterocycles. The van der Waals surface area contributed by atoms with E-state index in [9.17, 15) is 14.4 Å². The highest BCUT2D eigenvalue weighted by molar-refractivity contribution is 6.08. The molecular weight excluding hydrogens is 406 g/mol. The lowest BCUT2D eigenvalue weighted by atomic mass is 9.72. The Kier molecular flexibility index (Phi) is 4.74. The highest BCUT2D eigenvalue weighted by Gasteiger charge is 2.59. The van der Waals surface area contributed by atoms with E-state index >= 15 is 0 Å². The third-order valence-electron chi connectivity index (χ3n) is 6.37. The van der Waals surface area contributed by atoms with Crippen LogP contribution in [0.5, 0.6) is 0 Å². The normalized spacial score (nSPS) is 21.3. The Morgan fingerprint density at radius 1 is 1.06 bits per heavy atom. The van der Waals surface area contributed by atoms with Crippen molar-refractivity contribution in [1.29, 1.82) is 0 Å². The van der Waals surface area contributed by atoms with Gasteiger partial charge in [-0.25, -0.2) is 4.79 Å². The number of nitrogens with one attached hydrogen (secondary N) is 1. The van der Waals surface area contributed by atoms with E-state index in [1.807, 2.05) is 54.6 Å². The molecule has 7 nitrogen and oxygen atoms in total. The summed E-state index contributed by atoms with van der Waals surface area (Å²) >= 11 is 0. The predicted octanol–water partition coefficient (Wildman–Crippen LogP) is 3.35. The molecule has 2 aliphatic heterocycles. The zero-order chi connectivity index (χ0) is 22.3. The number of hydrogen-bond acceptors (Lipinski definition) is 5. The summed E-state index contributed by atoms with van der Waals surface area (Å²) in [6, 6.07) is 18.2. The van der Waals surface area contributed by atoms with Crippen LogP contribution in [0.25, 0.3) is 0 Å². The summed E-state index contributed by atoms with van der Waals surface area (Å²) in [5.41, 5.74) is 2.14. The molecule has 3 aromatic rings. The number of ether oxygens (including phenoxy) is 1. The maximum Gasteiger partial charge on any atom is 0.339 e. The first kappa shape index (κ1) is 19.9. The lowest BCUT2D eigenvalue weighted by molar-refractivity contribution is -0.121. The molecule has 160 valence electrons. The summed E-state index contributed by atoms with van der Waals surface area (Å²) < 4.78 is 4.76. The summed E-state index contributed by atoms with van der Waals surface area (Å²) in [5.74, 6) is -0.954. The van der Waals surface area contributed by atoms with Gasteiger partial charge in [0.1, 0.15) is 5.41 Å². The van der Waals surface area contributed by atoms with Gasteiger partial charge in [-0.2, -0.15) is 0 Å². The maximum atomic E-state index is 13.7. The number of pyridine rings is 1. The molecule has 2 aromatic carbocycles. The van der Waals surface area contributed by atoms with Gasteiger partial charge in [-0.1, -0.05) is 48.5 Å². The Labute approximate surface area is 185 Å². The Balaban J connectivity index is 1.62.